The average molecular weight is 341 g/mol. The lowest BCUT2D eigenvalue weighted by molar-refractivity contribution is 0.601. The molecule has 0 aromatic carbocycles. The van der Waals surface area contributed by atoms with Gasteiger partial charge in [0.1, 0.15) is 17.0 Å². The number of nitrogens with zero attached hydrogens (tertiary/aromatic N) is 4. The van der Waals surface area contributed by atoms with E-state index in [2.05, 4.69) is 42.1 Å². The second-order valence-corrected chi connectivity index (χ2v) is 6.51. The SMILES string of the molecule is Cc1nsc2ncnc(N3CCCC3CCCBr)c12. The van der Waals surface area contributed by atoms with E-state index in [1.54, 1.807) is 6.33 Å². The van der Waals surface area contributed by atoms with Crippen LogP contribution >= 0.6 is 27.5 Å². The van der Waals surface area contributed by atoms with Gasteiger partial charge in [-0.15, -0.1) is 0 Å². The van der Waals surface area contributed by atoms with Crippen LogP contribution in [0.2, 0.25) is 0 Å². The van der Waals surface area contributed by atoms with Gasteiger partial charge in [-0.25, -0.2) is 9.97 Å². The van der Waals surface area contributed by atoms with Gasteiger partial charge in [-0.3, -0.25) is 0 Å². The van der Waals surface area contributed by atoms with Gasteiger partial charge in [-0.1, -0.05) is 15.9 Å². The van der Waals surface area contributed by atoms with Gasteiger partial charge in [0.25, 0.3) is 0 Å². The fourth-order valence-electron chi connectivity index (χ4n) is 2.85. The highest BCUT2D eigenvalue weighted by Gasteiger charge is 2.27. The van der Waals surface area contributed by atoms with E-state index in [4.69, 9.17) is 0 Å². The van der Waals surface area contributed by atoms with Crippen molar-refractivity contribution in [2.24, 2.45) is 0 Å². The van der Waals surface area contributed by atoms with Gasteiger partial charge in [-0.2, -0.15) is 4.37 Å². The predicted octanol–water partition coefficient (Wildman–Crippen LogP) is 3.54. The third-order valence-electron chi connectivity index (χ3n) is 3.74. The van der Waals surface area contributed by atoms with Crippen molar-refractivity contribution in [3.63, 3.8) is 0 Å². The van der Waals surface area contributed by atoms with Gasteiger partial charge in [0, 0.05) is 17.9 Å². The molecule has 0 bridgehead atoms. The molecule has 0 saturated carbocycles. The molecule has 2 aromatic heterocycles. The number of aromatic nitrogens is 3. The first-order valence-corrected chi connectivity index (χ1v) is 8.60. The number of anilines is 1. The third-order valence-corrected chi connectivity index (χ3v) is 5.15. The largest absolute Gasteiger partial charge is 0.353 e. The summed E-state index contributed by atoms with van der Waals surface area (Å²) in [6.07, 6.45) is 6.66. The summed E-state index contributed by atoms with van der Waals surface area (Å²) in [5, 5.41) is 2.23. The molecule has 3 heterocycles. The number of rotatable bonds is 4. The van der Waals surface area contributed by atoms with Gasteiger partial charge < -0.3 is 4.90 Å². The number of fused-ring (bicyclic) bond motifs is 1. The molecule has 3 rings (SSSR count). The lowest BCUT2D eigenvalue weighted by atomic mass is 10.1. The molecule has 0 aliphatic carbocycles. The third kappa shape index (κ3) is 2.48. The van der Waals surface area contributed by atoms with Crippen molar-refractivity contribution >= 4 is 43.5 Å². The van der Waals surface area contributed by atoms with E-state index in [9.17, 15) is 0 Å². The van der Waals surface area contributed by atoms with Gasteiger partial charge >= 0.3 is 0 Å². The van der Waals surface area contributed by atoms with Gasteiger partial charge in [0.15, 0.2) is 0 Å². The van der Waals surface area contributed by atoms with Crippen molar-refractivity contribution in [3.05, 3.63) is 12.0 Å². The molecular formula is C13H17BrN4S. The smallest absolute Gasteiger partial charge is 0.149 e. The Balaban J connectivity index is 1.96. The minimum atomic E-state index is 0.620. The standard InChI is InChI=1S/C13H17BrN4S/c1-9-11-12(15-8-16-13(11)19-17-9)18-7-3-5-10(18)4-2-6-14/h8,10H,2-7H2,1H3. The Morgan fingerprint density at radius 2 is 2.37 bits per heavy atom. The van der Waals surface area contributed by atoms with Crippen molar-refractivity contribution in [2.75, 3.05) is 16.8 Å². The molecule has 102 valence electrons. The Morgan fingerprint density at radius 1 is 1.47 bits per heavy atom. The molecule has 0 N–H and O–H groups in total. The molecule has 1 aliphatic heterocycles. The number of hydrogen-bond donors (Lipinski definition) is 0. The minimum absolute atomic E-state index is 0.620. The zero-order valence-corrected chi connectivity index (χ0v) is 13.4. The second kappa shape index (κ2) is 5.71. The number of alkyl halides is 1. The maximum atomic E-state index is 4.55. The Hall–Kier alpha value is -0.750. The quantitative estimate of drug-likeness (QED) is 0.798. The Labute approximate surface area is 125 Å². The molecular weight excluding hydrogens is 324 g/mol. The normalized spacial score (nSPS) is 19.5. The van der Waals surface area contributed by atoms with Crippen LogP contribution in [0.1, 0.15) is 31.4 Å². The summed E-state index contributed by atoms with van der Waals surface area (Å²) < 4.78 is 4.42. The topological polar surface area (TPSA) is 41.9 Å². The molecule has 0 amide bonds. The lowest BCUT2D eigenvalue weighted by Gasteiger charge is -2.26. The first-order valence-electron chi connectivity index (χ1n) is 6.71. The molecule has 1 unspecified atom stereocenters. The number of halogens is 1. The highest BCUT2D eigenvalue weighted by Crippen LogP contribution is 2.34. The summed E-state index contributed by atoms with van der Waals surface area (Å²) in [5.74, 6) is 1.09. The van der Waals surface area contributed by atoms with Crippen LogP contribution in [-0.4, -0.2) is 32.3 Å². The molecule has 19 heavy (non-hydrogen) atoms. The first kappa shape index (κ1) is 13.2. The molecule has 0 radical (unpaired) electrons. The maximum absolute atomic E-state index is 4.55. The summed E-state index contributed by atoms with van der Waals surface area (Å²) in [6, 6.07) is 0.620. The highest BCUT2D eigenvalue weighted by atomic mass is 79.9. The Bertz CT molecular complexity index is 571. The van der Waals surface area contributed by atoms with Crippen LogP contribution in [-0.2, 0) is 0 Å². The van der Waals surface area contributed by atoms with E-state index >= 15 is 0 Å². The molecule has 0 spiro atoms. The average Bonchev–Trinajstić information content (AvgIpc) is 3.03. The van der Waals surface area contributed by atoms with E-state index in [1.165, 1.54) is 37.2 Å². The maximum Gasteiger partial charge on any atom is 0.149 e. The molecule has 4 nitrogen and oxygen atoms in total. The molecule has 6 heteroatoms. The van der Waals surface area contributed by atoms with Crippen LogP contribution in [0.25, 0.3) is 10.2 Å². The van der Waals surface area contributed by atoms with E-state index in [0.29, 0.717) is 6.04 Å². The Morgan fingerprint density at radius 3 is 3.21 bits per heavy atom. The van der Waals surface area contributed by atoms with Crippen LogP contribution in [0.15, 0.2) is 6.33 Å². The summed E-state index contributed by atoms with van der Waals surface area (Å²) in [5.41, 5.74) is 1.06. The molecule has 1 aliphatic rings. The number of aryl methyl sites for hydroxylation is 1. The van der Waals surface area contributed by atoms with Crippen molar-refractivity contribution in [1.82, 2.24) is 14.3 Å². The lowest BCUT2D eigenvalue weighted by Crippen LogP contribution is -2.30. The zero-order chi connectivity index (χ0) is 13.2. The van der Waals surface area contributed by atoms with Crippen molar-refractivity contribution in [3.8, 4) is 0 Å². The van der Waals surface area contributed by atoms with Gasteiger partial charge in [0.05, 0.1) is 11.1 Å². The van der Waals surface area contributed by atoms with Gasteiger partial charge in [0.2, 0.25) is 0 Å². The summed E-state index contributed by atoms with van der Waals surface area (Å²) in [4.78, 5) is 12.4. The van der Waals surface area contributed by atoms with Crippen LogP contribution in [0.4, 0.5) is 5.82 Å². The van der Waals surface area contributed by atoms with E-state index in [1.807, 2.05) is 0 Å². The van der Waals surface area contributed by atoms with Crippen molar-refractivity contribution < 1.29 is 0 Å². The van der Waals surface area contributed by atoms with Crippen molar-refractivity contribution in [2.45, 2.75) is 38.6 Å². The van der Waals surface area contributed by atoms with Crippen LogP contribution in [0.5, 0.6) is 0 Å². The fourth-order valence-corrected chi connectivity index (χ4v) is 3.91. The molecule has 1 saturated heterocycles. The number of hydrogen-bond acceptors (Lipinski definition) is 5. The highest BCUT2D eigenvalue weighted by molar-refractivity contribution is 9.09. The van der Waals surface area contributed by atoms with E-state index in [0.717, 1.165) is 33.6 Å². The molecule has 2 aromatic rings. The van der Waals surface area contributed by atoms with Crippen molar-refractivity contribution in [1.29, 1.82) is 0 Å². The zero-order valence-electron chi connectivity index (χ0n) is 11.0. The summed E-state index contributed by atoms with van der Waals surface area (Å²) in [7, 11) is 0. The molecule has 1 fully saturated rings. The summed E-state index contributed by atoms with van der Waals surface area (Å²) >= 11 is 5.00. The monoisotopic (exact) mass is 340 g/mol. The minimum Gasteiger partial charge on any atom is -0.353 e. The van der Waals surface area contributed by atoms with Crippen LogP contribution in [0.3, 0.4) is 0 Å². The van der Waals surface area contributed by atoms with E-state index in [-0.39, 0.29) is 0 Å². The fraction of sp³-hybridized carbons (Fsp3) is 0.615. The Kier molecular flexibility index (Phi) is 3.98. The summed E-state index contributed by atoms with van der Waals surface area (Å²) in [6.45, 7) is 3.16. The molecule has 1 atom stereocenters. The predicted molar refractivity (Wildman–Crippen MR) is 83.3 cm³/mol. The van der Waals surface area contributed by atoms with Gasteiger partial charge in [-0.05, 0) is 44.1 Å². The van der Waals surface area contributed by atoms with Crippen LogP contribution in [0, 0.1) is 6.92 Å². The van der Waals surface area contributed by atoms with E-state index < -0.39 is 0 Å². The second-order valence-electron chi connectivity index (χ2n) is 4.97. The first-order chi connectivity index (χ1) is 9.31. The van der Waals surface area contributed by atoms with Crippen LogP contribution < -0.4 is 4.90 Å².